The Morgan fingerprint density at radius 1 is 1.03 bits per heavy atom. The van der Waals surface area contributed by atoms with E-state index in [0.717, 1.165) is 18.4 Å². The van der Waals surface area contributed by atoms with E-state index in [-0.39, 0.29) is 29.6 Å². The van der Waals surface area contributed by atoms with Gasteiger partial charge >= 0.3 is 5.97 Å². The first kappa shape index (κ1) is 21.8. The number of hydrogen-bond donors (Lipinski definition) is 1. The van der Waals surface area contributed by atoms with Gasteiger partial charge in [-0.15, -0.1) is 0 Å². The molecule has 2 aromatic carbocycles. The summed E-state index contributed by atoms with van der Waals surface area (Å²) in [4.78, 5) is 11.2. The number of halogens is 1. The second kappa shape index (κ2) is 7.63. The second-order valence-electron chi connectivity index (χ2n) is 10.4. The predicted molar refractivity (Wildman–Crippen MR) is 117 cm³/mol. The van der Waals surface area contributed by atoms with Crippen LogP contribution in [-0.4, -0.2) is 24.3 Å². The third kappa shape index (κ3) is 4.08. The fraction of sp³-hybridized carbons (Fsp3) is 0.500. The molecule has 0 aromatic heterocycles. The van der Waals surface area contributed by atoms with Crippen molar-refractivity contribution in [2.45, 2.75) is 69.8 Å². The first-order chi connectivity index (χ1) is 14.5. The third-order valence-corrected chi connectivity index (χ3v) is 7.10. The SMILES string of the molecule is CC1(C)CCC(C)(C)c2cc(COc3ccc(C4(CC(=O)O)COC4)cc3F)ccc21. The van der Waals surface area contributed by atoms with Gasteiger partial charge in [0.2, 0.25) is 0 Å². The largest absolute Gasteiger partial charge is 0.486 e. The molecule has 0 saturated carbocycles. The number of carboxylic acid groups (broad SMARTS) is 1. The summed E-state index contributed by atoms with van der Waals surface area (Å²) in [6.45, 7) is 10.0. The number of ether oxygens (including phenoxy) is 2. The normalized spacial score (nSPS) is 20.4. The van der Waals surface area contributed by atoms with E-state index in [4.69, 9.17) is 9.47 Å². The first-order valence-electron chi connectivity index (χ1n) is 10.9. The quantitative estimate of drug-likeness (QED) is 0.663. The van der Waals surface area contributed by atoms with Gasteiger partial charge < -0.3 is 14.6 Å². The van der Waals surface area contributed by atoms with Crippen molar-refractivity contribution in [1.82, 2.24) is 0 Å². The van der Waals surface area contributed by atoms with Crippen LogP contribution >= 0.6 is 0 Å². The van der Waals surface area contributed by atoms with Crippen LogP contribution in [0, 0.1) is 5.82 Å². The van der Waals surface area contributed by atoms with Crippen molar-refractivity contribution in [1.29, 1.82) is 0 Å². The Morgan fingerprint density at radius 3 is 2.29 bits per heavy atom. The number of benzene rings is 2. The lowest BCUT2D eigenvalue weighted by Gasteiger charge is -2.42. The summed E-state index contributed by atoms with van der Waals surface area (Å²) in [5, 5.41) is 9.19. The highest BCUT2D eigenvalue weighted by Crippen LogP contribution is 2.46. The molecule has 0 bridgehead atoms. The van der Waals surface area contributed by atoms with Gasteiger partial charge in [0.25, 0.3) is 0 Å². The van der Waals surface area contributed by atoms with Crippen LogP contribution in [0.4, 0.5) is 4.39 Å². The van der Waals surface area contributed by atoms with Crippen LogP contribution in [0.15, 0.2) is 36.4 Å². The van der Waals surface area contributed by atoms with Crippen molar-refractivity contribution in [2.24, 2.45) is 0 Å². The van der Waals surface area contributed by atoms with E-state index in [1.54, 1.807) is 12.1 Å². The van der Waals surface area contributed by atoms with Crippen LogP contribution in [0.2, 0.25) is 0 Å². The third-order valence-electron chi connectivity index (χ3n) is 7.10. The molecule has 2 aromatic rings. The van der Waals surface area contributed by atoms with Gasteiger partial charge in [0, 0.05) is 0 Å². The van der Waals surface area contributed by atoms with Crippen LogP contribution in [0.1, 0.15) is 69.2 Å². The van der Waals surface area contributed by atoms with Gasteiger partial charge in [-0.2, -0.15) is 0 Å². The molecule has 31 heavy (non-hydrogen) atoms. The van der Waals surface area contributed by atoms with Crippen molar-refractivity contribution in [3.05, 3.63) is 64.5 Å². The van der Waals surface area contributed by atoms with E-state index in [1.165, 1.54) is 17.2 Å². The average Bonchev–Trinajstić information content (AvgIpc) is 2.67. The van der Waals surface area contributed by atoms with Gasteiger partial charge in [0.1, 0.15) is 6.61 Å². The smallest absolute Gasteiger partial charge is 0.304 e. The molecule has 5 heteroatoms. The Balaban J connectivity index is 1.52. The Hall–Kier alpha value is -2.40. The molecule has 1 aliphatic heterocycles. The summed E-state index contributed by atoms with van der Waals surface area (Å²) >= 11 is 0. The van der Waals surface area contributed by atoms with Crippen LogP contribution < -0.4 is 4.74 Å². The zero-order valence-electron chi connectivity index (χ0n) is 18.8. The summed E-state index contributed by atoms with van der Waals surface area (Å²) in [5.41, 5.74) is 4.00. The molecule has 2 aliphatic rings. The van der Waals surface area contributed by atoms with Crippen LogP contribution in [0.3, 0.4) is 0 Å². The average molecular weight is 427 g/mol. The van der Waals surface area contributed by atoms with Crippen molar-refractivity contribution in [3.63, 3.8) is 0 Å². The fourth-order valence-electron chi connectivity index (χ4n) is 4.84. The van der Waals surface area contributed by atoms with E-state index in [0.29, 0.717) is 18.8 Å². The van der Waals surface area contributed by atoms with Crippen LogP contribution in [0.5, 0.6) is 5.75 Å². The Kier molecular flexibility index (Phi) is 5.37. The molecule has 4 rings (SSSR count). The molecule has 0 amide bonds. The minimum Gasteiger partial charge on any atom is -0.486 e. The van der Waals surface area contributed by atoms with Gasteiger partial charge in [-0.1, -0.05) is 52.0 Å². The highest BCUT2D eigenvalue weighted by molar-refractivity contribution is 5.69. The lowest BCUT2D eigenvalue weighted by molar-refractivity contribution is -0.145. The van der Waals surface area contributed by atoms with Crippen molar-refractivity contribution < 1.29 is 23.8 Å². The minimum atomic E-state index is -0.914. The monoisotopic (exact) mass is 426 g/mol. The zero-order chi connectivity index (χ0) is 22.4. The highest BCUT2D eigenvalue weighted by atomic mass is 19.1. The summed E-state index contributed by atoms with van der Waals surface area (Å²) in [5.74, 6) is -1.22. The van der Waals surface area contributed by atoms with E-state index in [2.05, 4.69) is 45.9 Å². The molecule has 0 radical (unpaired) electrons. The van der Waals surface area contributed by atoms with Crippen molar-refractivity contribution in [3.8, 4) is 5.75 Å². The standard InChI is InChI=1S/C26H31FO4/c1-24(2)9-10-25(3,4)20-11-17(5-7-19(20)24)14-31-22-8-6-18(12-21(22)27)26(13-23(28)29)15-30-16-26/h5-8,11-12H,9-10,13-16H2,1-4H3,(H,28,29). The fourth-order valence-corrected chi connectivity index (χ4v) is 4.84. The number of fused-ring (bicyclic) bond motifs is 1. The summed E-state index contributed by atoms with van der Waals surface area (Å²) < 4.78 is 25.8. The van der Waals surface area contributed by atoms with E-state index in [9.17, 15) is 14.3 Å². The van der Waals surface area contributed by atoms with Crippen molar-refractivity contribution >= 4 is 5.97 Å². The lowest BCUT2D eigenvalue weighted by Crippen LogP contribution is -2.48. The molecule has 1 fully saturated rings. The lowest BCUT2D eigenvalue weighted by atomic mass is 9.63. The number of rotatable bonds is 6. The maximum absolute atomic E-state index is 14.8. The Bertz CT molecular complexity index is 1000. The molecular weight excluding hydrogens is 395 g/mol. The van der Waals surface area contributed by atoms with Gasteiger partial charge in [-0.05, 0) is 58.1 Å². The van der Waals surface area contributed by atoms with Crippen LogP contribution in [0.25, 0.3) is 0 Å². The Morgan fingerprint density at radius 2 is 1.71 bits per heavy atom. The van der Waals surface area contributed by atoms with E-state index >= 15 is 0 Å². The number of carbonyl (C=O) groups is 1. The molecule has 0 unspecified atom stereocenters. The summed E-state index contributed by atoms with van der Waals surface area (Å²) in [6, 6.07) is 11.2. The molecule has 0 atom stereocenters. The van der Waals surface area contributed by atoms with Gasteiger partial charge in [-0.3, -0.25) is 4.79 Å². The molecule has 1 aliphatic carbocycles. The molecule has 1 saturated heterocycles. The number of aliphatic carboxylic acids is 1. The number of carboxylic acids is 1. The van der Waals surface area contributed by atoms with Crippen molar-refractivity contribution in [2.75, 3.05) is 13.2 Å². The topological polar surface area (TPSA) is 55.8 Å². The molecular formula is C26H31FO4. The predicted octanol–water partition coefficient (Wildman–Crippen LogP) is 5.50. The Labute approximate surface area is 183 Å². The molecule has 166 valence electrons. The van der Waals surface area contributed by atoms with E-state index in [1.807, 2.05) is 0 Å². The molecule has 4 nitrogen and oxygen atoms in total. The van der Waals surface area contributed by atoms with Gasteiger partial charge in [0.15, 0.2) is 11.6 Å². The summed E-state index contributed by atoms with van der Waals surface area (Å²) in [6.07, 6.45) is 2.22. The van der Waals surface area contributed by atoms with Gasteiger partial charge in [0.05, 0.1) is 25.0 Å². The van der Waals surface area contributed by atoms with Gasteiger partial charge in [-0.25, -0.2) is 4.39 Å². The first-order valence-corrected chi connectivity index (χ1v) is 10.9. The second-order valence-corrected chi connectivity index (χ2v) is 10.4. The molecule has 1 heterocycles. The molecule has 0 spiro atoms. The highest BCUT2D eigenvalue weighted by Gasteiger charge is 2.43. The number of hydrogen-bond acceptors (Lipinski definition) is 3. The maximum atomic E-state index is 14.8. The summed E-state index contributed by atoms with van der Waals surface area (Å²) in [7, 11) is 0. The van der Waals surface area contributed by atoms with Crippen LogP contribution in [-0.2, 0) is 32.4 Å². The molecule has 1 N–H and O–H groups in total. The zero-order valence-corrected chi connectivity index (χ0v) is 18.8. The minimum absolute atomic E-state index is 0.0755. The maximum Gasteiger partial charge on any atom is 0.304 e. The van der Waals surface area contributed by atoms with E-state index < -0.39 is 17.2 Å².